The zero-order valence-corrected chi connectivity index (χ0v) is 13.0. The summed E-state index contributed by atoms with van der Waals surface area (Å²) in [5.74, 6) is -2.43. The van der Waals surface area contributed by atoms with Crippen molar-refractivity contribution in [2.24, 2.45) is 0 Å². The molecule has 120 valence electrons. The molecule has 0 saturated heterocycles. The topological polar surface area (TPSA) is 79.3 Å². The molecule has 5 nitrogen and oxygen atoms in total. The molecule has 24 heavy (non-hydrogen) atoms. The van der Waals surface area contributed by atoms with Crippen LogP contribution in [0, 0.1) is 5.82 Å². The van der Waals surface area contributed by atoms with Crippen molar-refractivity contribution in [2.45, 2.75) is 0 Å². The molecule has 2 N–H and O–H groups in total. The van der Waals surface area contributed by atoms with Crippen molar-refractivity contribution in [2.75, 3.05) is 5.32 Å². The van der Waals surface area contributed by atoms with Gasteiger partial charge in [0.15, 0.2) is 23.0 Å². The van der Waals surface area contributed by atoms with Gasteiger partial charge in [0.2, 0.25) is 0 Å². The van der Waals surface area contributed by atoms with Crippen LogP contribution < -0.4 is 5.32 Å². The lowest BCUT2D eigenvalue weighted by Crippen LogP contribution is -2.12. The number of rotatable bonds is 4. The first-order valence-electron chi connectivity index (χ1n) is 6.88. The first-order chi connectivity index (χ1) is 11.6. The van der Waals surface area contributed by atoms with Crippen LogP contribution in [0.5, 0.6) is 5.75 Å². The monoisotopic (exact) mass is 342 g/mol. The number of benzene rings is 2. The fourth-order valence-corrected chi connectivity index (χ4v) is 2.80. The molecule has 0 spiro atoms. The van der Waals surface area contributed by atoms with Crippen LogP contribution in [-0.4, -0.2) is 22.3 Å². The molecule has 0 aliphatic rings. The van der Waals surface area contributed by atoms with Crippen LogP contribution in [0.4, 0.5) is 9.52 Å². The van der Waals surface area contributed by atoms with Crippen LogP contribution in [0.1, 0.15) is 20.7 Å². The van der Waals surface area contributed by atoms with Crippen LogP contribution in [0.25, 0.3) is 11.3 Å². The number of nitrogens with one attached hydrogen (secondary N) is 1. The molecular weight excluding hydrogens is 331 g/mol. The zero-order chi connectivity index (χ0) is 17.1. The first-order valence-corrected chi connectivity index (χ1v) is 7.76. The maximum Gasteiger partial charge on any atom is 0.257 e. The van der Waals surface area contributed by atoms with Gasteiger partial charge >= 0.3 is 0 Å². The third kappa shape index (κ3) is 3.16. The molecule has 0 radical (unpaired) electrons. The van der Waals surface area contributed by atoms with Crippen molar-refractivity contribution in [1.29, 1.82) is 0 Å². The summed E-state index contributed by atoms with van der Waals surface area (Å²) in [5, 5.41) is 14.1. The molecule has 1 amide bonds. The second-order valence-corrected chi connectivity index (χ2v) is 5.73. The minimum absolute atomic E-state index is 0.0798. The summed E-state index contributed by atoms with van der Waals surface area (Å²) in [4.78, 5) is 27.3. The van der Waals surface area contributed by atoms with Crippen molar-refractivity contribution in [3.05, 3.63) is 64.8 Å². The molecular formula is C17H11FN2O3S. The number of anilines is 1. The molecule has 0 fully saturated rings. The molecule has 7 heteroatoms. The quantitative estimate of drug-likeness (QED) is 0.708. The Bertz CT molecular complexity index is 909. The lowest BCUT2D eigenvalue weighted by molar-refractivity contribution is 0.102. The molecule has 0 unspecified atom stereocenters. The molecule has 0 atom stereocenters. The summed E-state index contributed by atoms with van der Waals surface area (Å²) >= 11 is 1.23. The highest BCUT2D eigenvalue weighted by molar-refractivity contribution is 7.14. The average molecular weight is 342 g/mol. The van der Waals surface area contributed by atoms with E-state index in [0.717, 1.165) is 17.7 Å². The van der Waals surface area contributed by atoms with Gasteiger partial charge in [0.05, 0.1) is 11.3 Å². The van der Waals surface area contributed by atoms with Crippen LogP contribution in [0.15, 0.2) is 47.8 Å². The number of amides is 1. The number of aldehydes is 1. The number of aromatic hydroxyl groups is 1. The number of aromatic nitrogens is 1. The average Bonchev–Trinajstić information content (AvgIpc) is 3.06. The molecule has 3 aromatic rings. The third-order valence-electron chi connectivity index (χ3n) is 3.28. The third-order valence-corrected chi connectivity index (χ3v) is 4.03. The Balaban J connectivity index is 1.82. The fraction of sp³-hybridized carbons (Fsp3) is 0. The molecule has 3 rings (SSSR count). The van der Waals surface area contributed by atoms with Crippen LogP contribution in [-0.2, 0) is 0 Å². The summed E-state index contributed by atoms with van der Waals surface area (Å²) in [6.07, 6.45) is 0.284. The number of carbonyl (C=O) groups is 2. The Labute approximate surface area is 140 Å². The summed E-state index contributed by atoms with van der Waals surface area (Å²) in [6, 6.07) is 11.4. The Morgan fingerprint density at radius 2 is 2.00 bits per heavy atom. The van der Waals surface area contributed by atoms with Crippen molar-refractivity contribution < 1.29 is 19.1 Å². The molecule has 1 aromatic heterocycles. The largest absolute Gasteiger partial charge is 0.504 e. The Hall–Kier alpha value is -3.06. The normalized spacial score (nSPS) is 10.4. The van der Waals surface area contributed by atoms with Crippen molar-refractivity contribution in [3.63, 3.8) is 0 Å². The second kappa shape index (κ2) is 6.59. The number of phenolic OH excluding ortho intramolecular Hbond substituents is 1. The molecule has 0 bridgehead atoms. The van der Waals surface area contributed by atoms with Crippen LogP contribution in [0.3, 0.4) is 0 Å². The van der Waals surface area contributed by atoms with E-state index in [-0.39, 0.29) is 17.4 Å². The van der Waals surface area contributed by atoms with Crippen LogP contribution in [0.2, 0.25) is 0 Å². The maximum absolute atomic E-state index is 13.5. The highest BCUT2D eigenvalue weighted by Gasteiger charge is 2.15. The SMILES string of the molecule is O=Cc1cc(C(=O)Nc2nc(-c3ccccc3)cs2)cc(F)c1O. The van der Waals surface area contributed by atoms with E-state index in [0.29, 0.717) is 10.8 Å². The number of thiazole rings is 1. The Morgan fingerprint density at radius 1 is 1.25 bits per heavy atom. The van der Waals surface area contributed by atoms with Gasteiger partial charge < -0.3 is 5.11 Å². The second-order valence-electron chi connectivity index (χ2n) is 4.87. The minimum atomic E-state index is -1.03. The number of hydrogen-bond acceptors (Lipinski definition) is 5. The molecule has 2 aromatic carbocycles. The minimum Gasteiger partial charge on any atom is -0.504 e. The van der Waals surface area contributed by atoms with Crippen molar-refractivity contribution >= 4 is 28.7 Å². The van der Waals surface area contributed by atoms with Crippen molar-refractivity contribution in [1.82, 2.24) is 4.98 Å². The predicted octanol–water partition coefficient (Wildman–Crippen LogP) is 3.72. The molecule has 0 saturated carbocycles. The number of nitrogens with zero attached hydrogens (tertiary/aromatic N) is 1. The first kappa shape index (κ1) is 15.8. The van der Waals surface area contributed by atoms with E-state index in [1.165, 1.54) is 11.3 Å². The number of carbonyl (C=O) groups excluding carboxylic acids is 2. The molecule has 1 heterocycles. The smallest absolute Gasteiger partial charge is 0.257 e. The van der Waals surface area contributed by atoms with Gasteiger partial charge in [-0.1, -0.05) is 30.3 Å². The standard InChI is InChI=1S/C17H11FN2O3S/c18-13-7-11(6-12(8-21)15(13)22)16(23)20-17-19-14(9-24-17)10-4-2-1-3-5-10/h1-9,22H,(H,19,20,23). The van der Waals surface area contributed by atoms with Gasteiger partial charge in [0.1, 0.15) is 0 Å². The Kier molecular flexibility index (Phi) is 4.35. The number of hydrogen-bond donors (Lipinski definition) is 2. The highest BCUT2D eigenvalue weighted by atomic mass is 32.1. The van der Waals surface area contributed by atoms with E-state index in [1.54, 1.807) is 5.38 Å². The van der Waals surface area contributed by atoms with Gasteiger partial charge in [-0.15, -0.1) is 11.3 Å². The predicted molar refractivity (Wildman–Crippen MR) is 89.0 cm³/mol. The molecule has 0 aliphatic carbocycles. The Morgan fingerprint density at radius 3 is 2.71 bits per heavy atom. The summed E-state index contributed by atoms with van der Waals surface area (Å²) in [6.45, 7) is 0. The summed E-state index contributed by atoms with van der Waals surface area (Å²) in [7, 11) is 0. The summed E-state index contributed by atoms with van der Waals surface area (Å²) < 4.78 is 13.5. The van der Waals surface area contributed by atoms with Gasteiger partial charge in [0, 0.05) is 16.5 Å². The summed E-state index contributed by atoms with van der Waals surface area (Å²) in [5.41, 5.74) is 1.25. The van der Waals surface area contributed by atoms with E-state index in [1.807, 2.05) is 30.3 Å². The zero-order valence-electron chi connectivity index (χ0n) is 12.2. The van der Waals surface area contributed by atoms with Gasteiger partial charge in [-0.2, -0.15) is 0 Å². The highest BCUT2D eigenvalue weighted by Crippen LogP contribution is 2.26. The van der Waals surface area contributed by atoms with E-state index in [4.69, 9.17) is 0 Å². The van der Waals surface area contributed by atoms with Crippen LogP contribution >= 0.6 is 11.3 Å². The van der Waals surface area contributed by atoms with Crippen molar-refractivity contribution in [3.8, 4) is 17.0 Å². The van der Waals surface area contributed by atoms with Gasteiger partial charge in [-0.25, -0.2) is 9.37 Å². The fourth-order valence-electron chi connectivity index (χ4n) is 2.08. The lowest BCUT2D eigenvalue weighted by atomic mass is 10.1. The number of phenols is 1. The van der Waals surface area contributed by atoms with E-state index in [2.05, 4.69) is 10.3 Å². The van der Waals surface area contributed by atoms with E-state index in [9.17, 15) is 19.1 Å². The van der Waals surface area contributed by atoms with Gasteiger partial charge in [0.25, 0.3) is 5.91 Å². The molecule has 0 aliphatic heterocycles. The maximum atomic E-state index is 13.5. The van der Waals surface area contributed by atoms with Gasteiger partial charge in [-0.05, 0) is 12.1 Å². The lowest BCUT2D eigenvalue weighted by Gasteiger charge is -2.05. The van der Waals surface area contributed by atoms with E-state index < -0.39 is 17.5 Å². The van der Waals surface area contributed by atoms with Gasteiger partial charge in [-0.3, -0.25) is 14.9 Å². The number of halogens is 1. The van der Waals surface area contributed by atoms with E-state index >= 15 is 0 Å².